The Morgan fingerprint density at radius 3 is 1.00 bits per heavy atom. The maximum atomic E-state index is 12.1. The fourth-order valence-electron chi connectivity index (χ4n) is 10.2. The van der Waals surface area contributed by atoms with Crippen molar-refractivity contribution < 1.29 is 183 Å². The molecular weight excluding hydrogens is 2350 g/mol. The third-order valence-electron chi connectivity index (χ3n) is 15.5. The first-order valence-electron chi connectivity index (χ1n) is 40.1. The molecule has 11 rings (SSSR count). The second kappa shape index (κ2) is 76.8. The van der Waals surface area contributed by atoms with E-state index in [0.29, 0.717) is 124 Å². The monoisotopic (exact) mass is 2470 g/mol. The Bertz CT molecular complexity index is 5150. The van der Waals surface area contributed by atoms with Gasteiger partial charge in [-0.25, -0.2) is 94.1 Å². The maximum Gasteiger partial charge on any atom is 1.00 e. The normalized spacial score (nSPS) is 14.1. The number of imidazole rings is 3. The zero-order valence-electron chi connectivity index (χ0n) is 79.0. The Hall–Kier alpha value is -4.73. The van der Waals surface area contributed by atoms with Crippen molar-refractivity contribution in [1.82, 2.24) is 63.5 Å². The van der Waals surface area contributed by atoms with Crippen molar-refractivity contribution in [2.45, 2.75) is 184 Å². The zero-order chi connectivity index (χ0) is 105. The summed E-state index contributed by atoms with van der Waals surface area (Å²) in [7, 11) is -3.75. The molecule has 0 aliphatic carbocycles. The molecule has 0 radical (unpaired) electrons. The fraction of sp³-hybridized carbons (Fsp3) is 0.487. The summed E-state index contributed by atoms with van der Waals surface area (Å²) in [6.07, 6.45) is 10.7. The van der Waals surface area contributed by atoms with Gasteiger partial charge in [-0.15, -0.1) is 23.2 Å². The summed E-state index contributed by atoms with van der Waals surface area (Å²) in [4.78, 5) is 117. The second-order valence-electron chi connectivity index (χ2n) is 29.3. The van der Waals surface area contributed by atoms with E-state index in [2.05, 4.69) is 189 Å². The molecule has 15 N–H and O–H groups in total. The van der Waals surface area contributed by atoms with Crippen LogP contribution in [0.4, 0.5) is 17.5 Å². The molecule has 8 heterocycles. The predicted octanol–water partition coefficient (Wildman–Crippen LogP) is 11.5. The summed E-state index contributed by atoms with van der Waals surface area (Å²) in [5.41, 5.74) is 25.6. The molecule has 2 fully saturated rings. The fourth-order valence-corrected chi connectivity index (χ4v) is 16.4. The molecule has 2 unspecified atom stereocenters. The van der Waals surface area contributed by atoms with Crippen LogP contribution in [0.25, 0.3) is 33.5 Å². The number of rotatable bonds is 29. The molecule has 6 aromatic heterocycles. The molecule has 0 spiro atoms. The number of alkyl halides is 2. The van der Waals surface area contributed by atoms with Gasteiger partial charge in [-0.3, -0.25) is 19.1 Å². The first kappa shape index (κ1) is 140. The van der Waals surface area contributed by atoms with Gasteiger partial charge in [0.25, 0.3) is 0 Å². The van der Waals surface area contributed by atoms with Crippen LogP contribution >= 0.6 is 126 Å². The van der Waals surface area contributed by atoms with Crippen molar-refractivity contribution >= 4 is 248 Å². The smallest absolute Gasteiger partial charge is 1.00 e. The number of ether oxygens (including phenoxy) is 4. The van der Waals surface area contributed by atoms with Gasteiger partial charge < -0.3 is 105 Å². The summed E-state index contributed by atoms with van der Waals surface area (Å²) in [6, 6.07) is 27.7. The van der Waals surface area contributed by atoms with E-state index in [1.807, 2.05) is 30.3 Å². The van der Waals surface area contributed by atoms with Gasteiger partial charge in [-0.2, -0.15) is 0 Å². The van der Waals surface area contributed by atoms with E-state index in [1.54, 1.807) is 129 Å². The molecule has 62 heteroatoms. The van der Waals surface area contributed by atoms with E-state index in [1.165, 1.54) is 25.3 Å². The van der Waals surface area contributed by atoms with Crippen LogP contribution in [0.2, 0.25) is 19.6 Å². The van der Waals surface area contributed by atoms with Gasteiger partial charge in [-0.05, 0) is 158 Å². The summed E-state index contributed by atoms with van der Waals surface area (Å²) in [5.74, 6) is 1.35. The molecule has 138 heavy (non-hydrogen) atoms. The van der Waals surface area contributed by atoms with Crippen molar-refractivity contribution in [3.05, 3.63) is 141 Å². The topological polar surface area (TPSA) is 675 Å². The molecule has 6 atom stereocenters. The minimum absolute atomic E-state index is 0. The van der Waals surface area contributed by atoms with E-state index in [-0.39, 0.29) is 94.7 Å². The van der Waals surface area contributed by atoms with Crippen LogP contribution < -0.4 is 87.8 Å². The minimum atomic E-state index is -4.16. The van der Waals surface area contributed by atoms with Gasteiger partial charge in [0.05, 0.1) is 91.4 Å². The third-order valence-corrected chi connectivity index (χ3v) is 22.4. The number of carbonyl (C=O) groups is 4. The minimum Gasteiger partial charge on any atom is -1.00 e. The van der Waals surface area contributed by atoms with E-state index < -0.39 is 112 Å². The number of nitrogens with zero attached hydrogens (tertiary/aromatic N) is 13. The summed E-state index contributed by atoms with van der Waals surface area (Å²) < 4.78 is 137. The average molecular weight is 2480 g/mol. The predicted molar refractivity (Wildman–Crippen MR) is 555 cm³/mol. The van der Waals surface area contributed by atoms with Gasteiger partial charge in [0.1, 0.15) is 84.8 Å². The number of fused-ring (bicyclic) bond motifs is 3. The van der Waals surface area contributed by atoms with Crippen LogP contribution in [-0.2, 0) is 114 Å². The molecule has 0 saturated carbocycles. The Balaban J connectivity index is -0.000000490. The van der Waals surface area contributed by atoms with Crippen molar-refractivity contribution in [2.24, 2.45) is 5.73 Å². The number of benzene rings is 3. The van der Waals surface area contributed by atoms with Crippen LogP contribution in [0.5, 0.6) is 17.2 Å². The zero-order valence-corrected chi connectivity index (χ0v) is 97.0. The van der Waals surface area contributed by atoms with Crippen molar-refractivity contribution in [3.8, 4) is 17.2 Å². The molecule has 2 aliphatic heterocycles. The Morgan fingerprint density at radius 2 is 0.804 bits per heavy atom. The number of nitrogens with two attached hydrogens (primary N) is 4. The van der Waals surface area contributed by atoms with Crippen molar-refractivity contribution in [2.75, 3.05) is 71.1 Å². The van der Waals surface area contributed by atoms with E-state index >= 15 is 0 Å². The molecule has 2 aliphatic rings. The number of aromatic nitrogens is 12. The van der Waals surface area contributed by atoms with Gasteiger partial charge in [0.15, 0.2) is 47.1 Å². The summed E-state index contributed by atoms with van der Waals surface area (Å²) in [5, 5.41) is 22.8. The van der Waals surface area contributed by atoms with Gasteiger partial charge in [0.2, 0.25) is 26.8 Å². The van der Waals surface area contributed by atoms with Crippen LogP contribution in [0.1, 0.15) is 103 Å². The summed E-state index contributed by atoms with van der Waals surface area (Å²) >= 11 is 13.8. The molecule has 3 aromatic carbocycles. The van der Waals surface area contributed by atoms with E-state index in [4.69, 9.17) is 117 Å². The SMILES string of the molecule is CC(C)OC(=O)[C@H](C)N.CCN(C(C)C)C(C)C.C[C@H](Cn1cnc2c(N)ncnc21)OCP(=O)(O)O.C[C@H](Cn1cnc2c(N)ncnc21)OCP(=O)(O)Oc1ccccc1.C[C@H](Cn1cnc2c(N)ncnc21)OCP(=O)(O)Oc1ccccc1.C[Si](C)(C)Oc1ccccc1.ClCCl.II.O=C(O)/C=C/C(=O)O.O=COO.O=S(Cl)Cl.O=S(Cl)Cl.O=S1(=O)CCCC1.O=S1(=O)CCCC1.[H-].[K+]. The number of carboxylic acids is 2. The Kier molecular flexibility index (Phi) is 77.7. The molecule has 0 bridgehead atoms. The number of hydrogen-bond acceptors (Lipinski definition) is 36. The van der Waals surface area contributed by atoms with Crippen LogP contribution in [0.3, 0.4) is 0 Å². The number of nitrogen functional groups attached to an aromatic ring is 3. The number of aliphatic carboxylic acids is 2. The quantitative estimate of drug-likeness (QED) is 0.00198. The maximum absolute atomic E-state index is 12.1. The number of carboxylic acid groups (broad SMARTS) is 2. The third kappa shape index (κ3) is 72.5. The number of esters is 1. The van der Waals surface area contributed by atoms with Gasteiger partial charge in [0, 0.05) is 104 Å². The van der Waals surface area contributed by atoms with Gasteiger partial charge in [-0.1, -0.05) is 61.5 Å². The van der Waals surface area contributed by atoms with Crippen LogP contribution in [0.15, 0.2) is 141 Å². The number of sulfone groups is 2. The Morgan fingerprint density at radius 1 is 0.536 bits per heavy atom. The first-order chi connectivity index (χ1) is 63.8. The number of carbonyl (C=O) groups excluding carboxylic acids is 2. The molecule has 9 aromatic rings. The second-order valence-corrected chi connectivity index (χ2v) is 49.2. The molecule has 2 saturated heterocycles. The number of para-hydroxylation sites is 3. The number of anilines is 3. The first-order valence-corrected chi connectivity index (χ1v) is 65.4. The van der Waals surface area contributed by atoms with E-state index in [0.717, 1.165) is 38.0 Å². The van der Waals surface area contributed by atoms with Crippen molar-refractivity contribution in [3.63, 3.8) is 0 Å². The standard InChI is InChI=1S/2C15H18N5O4P.C9H14N5O4P.C9H14OSi.C8H19N.C6H13NO2.C4H4O4.2C4H8O2S.CH2Cl2.CH2O3.2Cl2OS.I2.K.H/c2*1-11(7-20-9-19-13-14(16)17-8-18-15(13)20)23-10-25(21,22)24-12-5-3-2-4-6-12;1-6(18-5-19(15,16)17)2-14-4-13-7-8(10)11-3-12-9(7)14;1-11(2,3)10-9-7-5-4-6-8-9;1-6-9(7(2)3)8(4)5;1-4(2)9-6(8)5(3)7;5-3(6)1-2-4(7)8;2*5-7(6)3-1-2-4-7;2-1-3;2-1-4-3;2*1-4(2)3;1-2;;/h2*2-6,8-9,11H,7,10H2,1H3,(H,21,22)(H2,16,17,18);3-4,6H,2,5H2,1H3,(H2,10,11,12)(H2,15,16,17);4-8H,1-3H3;7-8H,6H2,1-5H3;4-5H,7H2,1-3H3;1-2H,(H,5,6)(H,7,8);2*1-4H2;1H2;1,3H;;;;;/q;;;;;;;;;;;;;;+1;-1/b;;;;;;2-1+;;;;;;;;;/t2*11-;6-;;;5-;;;;;;;;;;/m111..0........../s1. The number of halogens is 8. The largest absolute Gasteiger partial charge is 1.00 e. The van der Waals surface area contributed by atoms with Crippen molar-refractivity contribution in [1.29, 1.82) is 0 Å². The van der Waals surface area contributed by atoms with E-state index in [9.17, 15) is 54.7 Å². The molecule has 45 nitrogen and oxygen atoms in total. The molecule has 778 valence electrons. The van der Waals surface area contributed by atoms with Crippen LogP contribution in [0, 0.1) is 0 Å². The Labute approximate surface area is 903 Å². The number of hydrogen-bond donors (Lipinski definition) is 11. The average Bonchev–Trinajstić information content (AvgIpc) is 1.68. The summed E-state index contributed by atoms with van der Waals surface area (Å²) in [6.45, 7) is 30.4. The molecule has 0 amide bonds. The van der Waals surface area contributed by atoms with Gasteiger partial charge >= 0.3 is 98.6 Å². The molecular formula is C76H121Cl6I2KN17O28P3S4Si. The van der Waals surface area contributed by atoms with Crippen LogP contribution in [-0.4, -0.2) is 253 Å².